The van der Waals surface area contributed by atoms with Crippen molar-refractivity contribution in [3.8, 4) is 0 Å². The van der Waals surface area contributed by atoms with Crippen molar-refractivity contribution < 1.29 is 4.79 Å². The number of halogens is 1. The fourth-order valence-electron chi connectivity index (χ4n) is 1.60. The molecule has 1 amide bonds. The lowest BCUT2D eigenvalue weighted by Gasteiger charge is -2.08. The lowest BCUT2D eigenvalue weighted by Crippen LogP contribution is -2.35. The second-order valence-electron chi connectivity index (χ2n) is 3.83. The summed E-state index contributed by atoms with van der Waals surface area (Å²) in [5.74, 6) is 0.287. The summed E-state index contributed by atoms with van der Waals surface area (Å²) in [6, 6.07) is 7.70. The molecule has 17 heavy (non-hydrogen) atoms. The van der Waals surface area contributed by atoms with Crippen LogP contribution in [-0.2, 0) is 4.79 Å². The highest BCUT2D eigenvalue weighted by Gasteiger charge is 2.12. The van der Waals surface area contributed by atoms with E-state index in [1.165, 1.54) is 0 Å². The van der Waals surface area contributed by atoms with Gasteiger partial charge in [-0.15, -0.1) is 0 Å². The number of hydrogen-bond acceptors (Lipinski definition) is 3. The third-order valence-electron chi connectivity index (χ3n) is 2.44. The van der Waals surface area contributed by atoms with Crippen LogP contribution in [0.2, 0.25) is 0 Å². The molecule has 0 aliphatic carbocycles. The molecule has 0 atom stereocenters. The summed E-state index contributed by atoms with van der Waals surface area (Å²) < 4.78 is 1.09. The molecule has 4 nitrogen and oxygen atoms in total. The predicted molar refractivity (Wildman–Crippen MR) is 77.3 cm³/mol. The number of carbonyl (C=O) groups is 1. The highest BCUT2D eigenvalue weighted by Crippen LogP contribution is 2.12. The zero-order valence-electron chi connectivity index (χ0n) is 9.37. The Morgan fingerprint density at radius 3 is 3.12 bits per heavy atom. The maximum absolute atomic E-state index is 11.9. The van der Waals surface area contributed by atoms with E-state index in [-0.39, 0.29) is 5.91 Å². The molecule has 0 unspecified atom stereocenters. The molecule has 0 bridgehead atoms. The van der Waals surface area contributed by atoms with Gasteiger partial charge in [0, 0.05) is 22.3 Å². The molecule has 0 fully saturated rings. The first-order valence-corrected chi connectivity index (χ1v) is 6.69. The molecule has 0 aromatic heterocycles. The SMILES string of the molecule is O=C(Nc1cccc(I)c1)C1=NCCCCN1. The first kappa shape index (κ1) is 12.3. The van der Waals surface area contributed by atoms with Gasteiger partial charge in [0.05, 0.1) is 0 Å². The second kappa shape index (κ2) is 6.00. The number of nitrogens with one attached hydrogen (secondary N) is 2. The fraction of sp³-hybridized carbons (Fsp3) is 0.333. The quantitative estimate of drug-likeness (QED) is 0.808. The summed E-state index contributed by atoms with van der Waals surface area (Å²) in [5, 5.41) is 5.90. The predicted octanol–water partition coefficient (Wildman–Crippen LogP) is 2.01. The standard InChI is InChI=1S/C12H14IN3O/c13-9-4-3-5-10(8-9)16-12(17)11-14-6-1-2-7-15-11/h3-5,8H,1-2,6-7H2,(H,14,15)(H,16,17). The van der Waals surface area contributed by atoms with Crippen LogP contribution in [0.3, 0.4) is 0 Å². The molecule has 0 saturated heterocycles. The van der Waals surface area contributed by atoms with E-state index in [1.807, 2.05) is 24.3 Å². The molecule has 2 rings (SSSR count). The van der Waals surface area contributed by atoms with Crippen molar-refractivity contribution in [2.45, 2.75) is 12.8 Å². The molecule has 1 aliphatic heterocycles. The van der Waals surface area contributed by atoms with Crippen LogP contribution in [0.25, 0.3) is 0 Å². The van der Waals surface area contributed by atoms with E-state index in [9.17, 15) is 4.79 Å². The Labute approximate surface area is 114 Å². The maximum Gasteiger partial charge on any atom is 0.290 e. The molecule has 1 aromatic rings. The highest BCUT2D eigenvalue weighted by molar-refractivity contribution is 14.1. The number of amides is 1. The molecule has 90 valence electrons. The highest BCUT2D eigenvalue weighted by atomic mass is 127. The van der Waals surface area contributed by atoms with Gasteiger partial charge in [-0.25, -0.2) is 0 Å². The van der Waals surface area contributed by atoms with Crippen LogP contribution in [0.5, 0.6) is 0 Å². The molecule has 0 radical (unpaired) electrons. The van der Waals surface area contributed by atoms with Crippen LogP contribution in [0, 0.1) is 3.57 Å². The smallest absolute Gasteiger partial charge is 0.290 e. The number of amidine groups is 1. The van der Waals surface area contributed by atoms with Crippen LogP contribution < -0.4 is 10.6 Å². The minimum Gasteiger partial charge on any atom is -0.366 e. The Kier molecular flexibility index (Phi) is 4.36. The topological polar surface area (TPSA) is 53.5 Å². The number of hydrogen-bond donors (Lipinski definition) is 2. The monoisotopic (exact) mass is 343 g/mol. The van der Waals surface area contributed by atoms with Crippen LogP contribution in [0.15, 0.2) is 29.3 Å². The molecule has 1 aromatic carbocycles. The van der Waals surface area contributed by atoms with Crippen LogP contribution >= 0.6 is 22.6 Å². The van der Waals surface area contributed by atoms with Gasteiger partial charge >= 0.3 is 0 Å². The minimum atomic E-state index is -0.158. The minimum absolute atomic E-state index is 0.158. The lowest BCUT2D eigenvalue weighted by molar-refractivity contribution is -0.110. The van der Waals surface area contributed by atoms with Gasteiger partial charge in [-0.3, -0.25) is 9.79 Å². The van der Waals surface area contributed by atoms with Gasteiger partial charge in [-0.05, 0) is 53.6 Å². The van der Waals surface area contributed by atoms with E-state index in [1.54, 1.807) is 0 Å². The molecule has 5 heteroatoms. The summed E-state index contributed by atoms with van der Waals surface area (Å²) in [5.41, 5.74) is 0.802. The van der Waals surface area contributed by atoms with Crippen molar-refractivity contribution in [1.29, 1.82) is 0 Å². The van der Waals surface area contributed by atoms with Gasteiger partial charge < -0.3 is 10.6 Å². The zero-order chi connectivity index (χ0) is 12.1. The average Bonchev–Trinajstić information content (AvgIpc) is 2.57. The van der Waals surface area contributed by atoms with Gasteiger partial charge in [-0.2, -0.15) is 0 Å². The lowest BCUT2D eigenvalue weighted by atomic mass is 10.3. The number of benzene rings is 1. The number of rotatable bonds is 2. The summed E-state index contributed by atoms with van der Waals surface area (Å²) in [6.07, 6.45) is 2.09. The van der Waals surface area contributed by atoms with Crippen molar-refractivity contribution >= 4 is 40.0 Å². The van der Waals surface area contributed by atoms with Crippen LogP contribution in [-0.4, -0.2) is 24.8 Å². The third kappa shape index (κ3) is 3.69. The second-order valence-corrected chi connectivity index (χ2v) is 5.07. The number of aliphatic imine (C=N–C) groups is 1. The number of nitrogens with zero attached hydrogens (tertiary/aromatic N) is 1. The van der Waals surface area contributed by atoms with Gasteiger partial charge in [-0.1, -0.05) is 6.07 Å². The van der Waals surface area contributed by atoms with Crippen LogP contribution in [0.1, 0.15) is 12.8 Å². The Balaban J connectivity index is 2.03. The number of anilines is 1. The Morgan fingerprint density at radius 2 is 2.29 bits per heavy atom. The Bertz CT molecular complexity index is 445. The summed E-state index contributed by atoms with van der Waals surface area (Å²) in [4.78, 5) is 16.2. The van der Waals surface area contributed by atoms with Crippen molar-refractivity contribution in [3.63, 3.8) is 0 Å². The molecular weight excluding hydrogens is 329 g/mol. The Morgan fingerprint density at radius 1 is 1.41 bits per heavy atom. The van der Waals surface area contributed by atoms with Gasteiger partial charge in [0.15, 0.2) is 5.84 Å². The number of carbonyl (C=O) groups excluding carboxylic acids is 1. The Hall–Kier alpha value is -1.11. The summed E-state index contributed by atoms with van der Waals surface area (Å²) in [7, 11) is 0. The van der Waals surface area contributed by atoms with Crippen molar-refractivity contribution in [2.24, 2.45) is 4.99 Å². The molecule has 1 aliphatic rings. The summed E-state index contributed by atoms with van der Waals surface area (Å²) in [6.45, 7) is 1.54. The fourth-order valence-corrected chi connectivity index (χ4v) is 2.14. The normalized spacial score (nSPS) is 15.5. The first-order valence-electron chi connectivity index (χ1n) is 5.61. The molecule has 0 saturated carbocycles. The zero-order valence-corrected chi connectivity index (χ0v) is 11.5. The summed E-state index contributed by atoms with van der Waals surface area (Å²) >= 11 is 2.22. The van der Waals surface area contributed by atoms with E-state index in [0.717, 1.165) is 35.2 Å². The van der Waals surface area contributed by atoms with E-state index >= 15 is 0 Å². The van der Waals surface area contributed by atoms with Crippen molar-refractivity contribution in [1.82, 2.24) is 5.32 Å². The van der Waals surface area contributed by atoms with E-state index < -0.39 is 0 Å². The van der Waals surface area contributed by atoms with Crippen molar-refractivity contribution in [3.05, 3.63) is 27.8 Å². The molecule has 2 N–H and O–H groups in total. The molecule has 1 heterocycles. The average molecular weight is 343 g/mol. The van der Waals surface area contributed by atoms with E-state index in [4.69, 9.17) is 0 Å². The van der Waals surface area contributed by atoms with E-state index in [2.05, 4.69) is 38.2 Å². The third-order valence-corrected chi connectivity index (χ3v) is 3.12. The first-order chi connectivity index (χ1) is 8.25. The van der Waals surface area contributed by atoms with E-state index in [0.29, 0.717) is 5.84 Å². The maximum atomic E-state index is 11.9. The largest absolute Gasteiger partial charge is 0.366 e. The van der Waals surface area contributed by atoms with Gasteiger partial charge in [0.25, 0.3) is 5.91 Å². The molecular formula is C12H14IN3O. The van der Waals surface area contributed by atoms with Gasteiger partial charge in [0.1, 0.15) is 0 Å². The van der Waals surface area contributed by atoms with Crippen LogP contribution in [0.4, 0.5) is 5.69 Å². The molecule has 0 spiro atoms. The van der Waals surface area contributed by atoms with Gasteiger partial charge in [0.2, 0.25) is 0 Å². The van der Waals surface area contributed by atoms with Crippen molar-refractivity contribution in [2.75, 3.05) is 18.4 Å².